The number of carbonyl (C=O) groups is 5. The molecule has 6 aromatic carbocycles. The average molecular weight is 1840 g/mol. The number of amides is 3. The van der Waals surface area contributed by atoms with Crippen molar-refractivity contribution in [2.24, 2.45) is 35.2 Å². The van der Waals surface area contributed by atoms with E-state index in [-0.39, 0.29) is 46.8 Å². The summed E-state index contributed by atoms with van der Waals surface area (Å²) in [6.07, 6.45) is 35.7. The van der Waals surface area contributed by atoms with Crippen LogP contribution in [0.25, 0.3) is 95.6 Å². The smallest absolute Gasteiger partial charge is 0.252 e. The van der Waals surface area contributed by atoms with E-state index in [1.54, 1.807) is 43.6 Å². The van der Waals surface area contributed by atoms with Crippen molar-refractivity contribution in [2.45, 2.75) is 230 Å². The highest BCUT2D eigenvalue weighted by Crippen LogP contribution is 2.51. The molecule has 8 aromatic heterocycles. The standard InChI is InChI=1S/C39H41FN4O2.C37H38ClN5O2.C37H40N4O2S/c1-24(26(3)45)19-27-11-12-28-22-36(43(4)35(28)20-27)39(17-8-18-39)42-38(46)29-13-16-34-32(21-29)25(2)37(33-15-14-30(40)23-41-33)44(34)31-9-6-5-7-10-31;1-22(23(2)44)16-24-10-11-26-19-32(42(3)30(26)17-24)37(14-7-15-37)41-36(45)27-12-13-29-31(18-27)43(4)34(33(29)25-8-5-6-9-25)35-39-20-28(38)21-40-35;1-23(24(2)42)19-25-11-14-30-32(20-25)41(4)36(38-30)37(16-8-17-37)39-35(43)27-12-13-29-31(21-27)40(3)34(28-15-18-44-22-28)33(29)26-9-6-5-7-10-26/h11-16,19-23,25,31H,3,5-10,17-18H2,1-2,4H3,(H-,42,45,46);10-13,16-21,25H,5-9,14-15H2,1-4H3,(H,41,45);11-15,18-22,26H,5-10,16-17H2,1-4H3,(H,39,43)/p+1/b24-19+;22-16+;23-19+. The first kappa shape index (κ1) is 91.4. The Hall–Kier alpha value is -12.7. The van der Waals surface area contributed by atoms with E-state index in [4.69, 9.17) is 16.6 Å². The Morgan fingerprint density at radius 1 is 0.496 bits per heavy atom. The molecular formula is C113H120ClFN13O6S+. The summed E-state index contributed by atoms with van der Waals surface area (Å²) < 4.78 is 27.2. The molecular weight excluding hydrogens is 1720 g/mol. The molecule has 22 heteroatoms. The Morgan fingerprint density at radius 3 is 1.46 bits per heavy atom. The van der Waals surface area contributed by atoms with E-state index >= 15 is 0 Å². The van der Waals surface area contributed by atoms with Crippen molar-refractivity contribution in [1.29, 1.82) is 0 Å². The minimum absolute atomic E-state index is 0.0216. The third-order valence-electron chi connectivity index (χ3n) is 30.9. The number of carbonyl (C=O) groups excluding carboxylic acids is 5. The zero-order valence-corrected chi connectivity index (χ0v) is 80.9. The number of aliphatic hydroxyl groups excluding tert-OH is 1. The maximum Gasteiger partial charge on any atom is 0.252 e. The van der Waals surface area contributed by atoms with E-state index in [1.807, 2.05) is 102 Å². The van der Waals surface area contributed by atoms with Gasteiger partial charge in [-0.05, 0) is 320 Å². The van der Waals surface area contributed by atoms with Crippen LogP contribution in [0, 0.1) is 5.82 Å². The first-order valence-corrected chi connectivity index (χ1v) is 49.6. The number of aromatic nitrogens is 9. The average Bonchev–Trinajstić information content (AvgIpc) is 1.52. The zero-order chi connectivity index (χ0) is 94.2. The fourth-order valence-corrected chi connectivity index (χ4v) is 23.5. The van der Waals surface area contributed by atoms with Crippen LogP contribution >= 0.6 is 22.9 Å². The first-order chi connectivity index (χ1) is 65.0. The molecule has 0 radical (unpaired) electrons. The number of nitrogens with zero attached hydrogens (tertiary/aromatic N) is 10. The number of ketones is 2. The quantitative estimate of drug-likeness (QED) is 0.0231. The molecule has 19 nitrogen and oxygen atoms in total. The molecule has 3 amide bonds. The lowest BCUT2D eigenvalue weighted by molar-refractivity contribution is -0.487. The number of aryl methyl sites for hydroxylation is 5. The Bertz CT molecular complexity index is 7220. The lowest BCUT2D eigenvalue weighted by Gasteiger charge is -2.43. The van der Waals surface area contributed by atoms with Gasteiger partial charge in [-0.3, -0.25) is 24.0 Å². The molecule has 1 unspecified atom stereocenters. The Balaban J connectivity index is 0.000000130. The highest BCUT2D eigenvalue weighted by atomic mass is 35.5. The largest absolute Gasteiger partial charge is 0.508 e. The summed E-state index contributed by atoms with van der Waals surface area (Å²) in [5, 5.41) is 29.7. The monoisotopic (exact) mass is 1840 g/mol. The van der Waals surface area contributed by atoms with Crippen LogP contribution in [0.4, 0.5) is 10.1 Å². The van der Waals surface area contributed by atoms with Crippen molar-refractivity contribution in [2.75, 3.05) is 0 Å². The Kier molecular flexibility index (Phi) is 25.2. The third kappa shape index (κ3) is 17.2. The van der Waals surface area contributed by atoms with Crippen LogP contribution in [-0.2, 0) is 61.4 Å². The number of imidazole rings is 1. The second-order valence-corrected chi connectivity index (χ2v) is 40.5. The second kappa shape index (κ2) is 37.2. The number of nitrogens with one attached hydrogen (secondary N) is 3. The highest BCUT2D eigenvalue weighted by molar-refractivity contribution is 7.08. The lowest BCUT2D eigenvalue weighted by Crippen LogP contribution is -2.52. The van der Waals surface area contributed by atoms with Crippen molar-refractivity contribution in [3.05, 3.63) is 282 Å². The summed E-state index contributed by atoms with van der Waals surface area (Å²) in [4.78, 5) is 84.3. The van der Waals surface area contributed by atoms with Gasteiger partial charge in [0.2, 0.25) is 11.4 Å². The molecule has 0 bridgehead atoms. The van der Waals surface area contributed by atoms with Gasteiger partial charge in [-0.2, -0.15) is 15.9 Å². The second-order valence-electron chi connectivity index (χ2n) is 39.3. The molecule has 6 saturated carbocycles. The normalized spacial score (nSPS) is 17.9. The van der Waals surface area contributed by atoms with Gasteiger partial charge in [-0.15, -0.1) is 0 Å². The van der Waals surface area contributed by atoms with Crippen LogP contribution in [0.1, 0.15) is 294 Å². The summed E-state index contributed by atoms with van der Waals surface area (Å²) in [6.45, 7) is 14.5. The fraction of sp³-hybridized carbons (Fsp3) is 0.363. The Morgan fingerprint density at radius 2 is 0.970 bits per heavy atom. The van der Waals surface area contributed by atoms with Gasteiger partial charge in [0.05, 0.1) is 56.2 Å². The molecule has 1 atom stereocenters. The number of fused-ring (bicyclic) bond motifs is 6. The molecule has 1 aliphatic heterocycles. The van der Waals surface area contributed by atoms with Gasteiger partial charge in [-0.25, -0.2) is 24.3 Å². The maximum absolute atomic E-state index is 14.0. The first-order valence-electron chi connectivity index (χ1n) is 48.3. The number of halogens is 2. The van der Waals surface area contributed by atoms with Gasteiger partial charge in [0.1, 0.15) is 23.1 Å². The molecule has 9 heterocycles. The van der Waals surface area contributed by atoms with Crippen molar-refractivity contribution in [1.82, 2.24) is 58.7 Å². The van der Waals surface area contributed by atoms with Gasteiger partial charge < -0.3 is 43.9 Å². The van der Waals surface area contributed by atoms with Crippen LogP contribution in [0.3, 0.4) is 0 Å². The predicted molar refractivity (Wildman–Crippen MR) is 542 cm³/mol. The summed E-state index contributed by atoms with van der Waals surface area (Å²) in [7, 11) is 10.3. The Labute approximate surface area is 797 Å². The molecule has 0 saturated heterocycles. The van der Waals surface area contributed by atoms with E-state index in [9.17, 15) is 33.5 Å². The number of pyridine rings is 1. The topological polar surface area (TPSA) is 221 Å². The van der Waals surface area contributed by atoms with E-state index in [2.05, 4.69) is 183 Å². The van der Waals surface area contributed by atoms with Crippen LogP contribution < -0.4 is 16.0 Å². The zero-order valence-electron chi connectivity index (χ0n) is 79.3. The van der Waals surface area contributed by atoms with Crippen LogP contribution in [0.15, 0.2) is 198 Å². The summed E-state index contributed by atoms with van der Waals surface area (Å²) in [5.74, 6) is 2.21. The van der Waals surface area contributed by atoms with E-state index in [0.717, 1.165) is 212 Å². The van der Waals surface area contributed by atoms with E-state index < -0.39 is 16.6 Å². The molecule has 7 aliphatic rings. The molecule has 135 heavy (non-hydrogen) atoms. The number of aliphatic hydroxyl groups is 1. The third-order valence-corrected chi connectivity index (χ3v) is 31.7. The number of hydrogen-bond acceptors (Lipinski definition) is 11. The van der Waals surface area contributed by atoms with Gasteiger partial charge in [-0.1, -0.05) is 99.2 Å². The molecule has 6 fully saturated rings. The number of hydrogen-bond donors (Lipinski definition) is 4. The van der Waals surface area contributed by atoms with Gasteiger partial charge in [0, 0.05) is 144 Å². The van der Waals surface area contributed by atoms with Gasteiger partial charge >= 0.3 is 0 Å². The maximum atomic E-state index is 14.0. The molecule has 14 aromatic rings. The minimum atomic E-state index is -0.506. The van der Waals surface area contributed by atoms with Gasteiger partial charge in [0.25, 0.3) is 17.7 Å². The van der Waals surface area contributed by atoms with E-state index in [0.29, 0.717) is 45.4 Å². The predicted octanol–water partition coefficient (Wildman–Crippen LogP) is 25.5. The number of Topliss-reactive ketones (excluding diaryl/α,β-unsaturated/α-hetero) is 2. The molecule has 692 valence electrons. The molecule has 0 spiro atoms. The number of benzene rings is 6. The van der Waals surface area contributed by atoms with Crippen LogP contribution in [0.2, 0.25) is 5.02 Å². The number of thiophene rings is 1. The molecule has 6 aliphatic carbocycles. The van der Waals surface area contributed by atoms with Crippen molar-refractivity contribution < 1.29 is 38.0 Å². The number of allylic oxidation sites excluding steroid dienone is 3. The summed E-state index contributed by atoms with van der Waals surface area (Å²) in [5.41, 5.74) is 24.5. The van der Waals surface area contributed by atoms with Crippen LogP contribution in [0.5, 0.6) is 0 Å². The van der Waals surface area contributed by atoms with Crippen molar-refractivity contribution in [3.8, 4) is 22.8 Å². The lowest BCUT2D eigenvalue weighted by atomic mass is 9.74. The van der Waals surface area contributed by atoms with Crippen molar-refractivity contribution >= 4 is 136 Å². The summed E-state index contributed by atoms with van der Waals surface area (Å²) in [6, 6.07) is 47.3. The molecule has 21 rings (SSSR count). The number of rotatable bonds is 21. The van der Waals surface area contributed by atoms with Crippen molar-refractivity contribution in [3.63, 3.8) is 0 Å². The van der Waals surface area contributed by atoms with Gasteiger partial charge in [0.15, 0.2) is 23.4 Å². The summed E-state index contributed by atoms with van der Waals surface area (Å²) >= 11 is 7.87. The fourth-order valence-electron chi connectivity index (χ4n) is 22.8. The SMILES string of the molecule is C=C(O)/C(C)=C/c1ccc2cc(C3(NC(=O)c4ccc5c(c4)C(C)C(c4ccc(F)cn4)=[N+]5C4CCCCC4)CCC3)n(C)c2c1.CC(=O)/C(C)=C/c1ccc2cc(C3(NC(=O)c4ccc5c(C6CCCC6)c(-c6ncc(Cl)cn6)n(C)c5c4)CCC3)n(C)c2c1.CC(=O)/C(C)=C/c1ccc2nc(C3(NC(=O)c4ccc5c(C6CCCCC6)c(-c6ccsc6)n(C)c5c4)CCC3)n(C)c2c1. The van der Waals surface area contributed by atoms with E-state index in [1.165, 1.54) is 104 Å². The highest BCUT2D eigenvalue weighted by Gasteiger charge is 2.48. The minimum Gasteiger partial charge on any atom is -0.508 e. The van der Waals surface area contributed by atoms with Crippen LogP contribution in [-0.4, -0.2) is 93.5 Å². The molecule has 4 N–H and O–H groups in total.